The van der Waals surface area contributed by atoms with Crippen LogP contribution < -0.4 is 0 Å². The highest BCUT2D eigenvalue weighted by molar-refractivity contribution is 5.61. The van der Waals surface area contributed by atoms with Crippen LogP contribution >= 0.6 is 0 Å². The molecular weight excluding hydrogens is 252 g/mol. The van der Waals surface area contributed by atoms with E-state index in [-0.39, 0.29) is 0 Å². The van der Waals surface area contributed by atoms with E-state index in [1.807, 2.05) is 27.7 Å². The summed E-state index contributed by atoms with van der Waals surface area (Å²) in [7, 11) is 0. The summed E-state index contributed by atoms with van der Waals surface area (Å²) < 4.78 is 11.3. The second kappa shape index (κ2) is 7.90. The molecule has 0 radical (unpaired) electrons. The molecule has 0 spiro atoms. The minimum Gasteiger partial charge on any atom is -0.428 e. The second-order valence-electron chi connectivity index (χ2n) is 6.41. The van der Waals surface area contributed by atoms with Gasteiger partial charge in [-0.1, -0.05) is 41.5 Å². The summed E-state index contributed by atoms with van der Waals surface area (Å²) in [6, 6.07) is 0. The van der Waals surface area contributed by atoms with Gasteiger partial charge in [-0.15, -0.1) is 0 Å². The molecule has 4 atom stereocenters. The van der Waals surface area contributed by atoms with Gasteiger partial charge in [0.1, 0.15) is 11.2 Å². The third-order valence-electron chi connectivity index (χ3n) is 5.35. The van der Waals surface area contributed by atoms with Crippen LogP contribution in [0.25, 0.3) is 0 Å². The summed E-state index contributed by atoms with van der Waals surface area (Å²) in [5.41, 5.74) is -0.897. The zero-order valence-electron chi connectivity index (χ0n) is 14.7. The number of hydrogen-bond donors (Lipinski definition) is 0. The molecule has 0 fully saturated rings. The smallest absolute Gasteiger partial charge is 0.428 e. The van der Waals surface area contributed by atoms with Crippen molar-refractivity contribution >= 4 is 6.16 Å². The van der Waals surface area contributed by atoms with Gasteiger partial charge in [-0.2, -0.15) is 0 Å². The zero-order chi connectivity index (χ0) is 16.0. The molecule has 0 saturated heterocycles. The quantitative estimate of drug-likeness (QED) is 0.547. The molecule has 0 bridgehead atoms. The maximum absolute atomic E-state index is 12.2. The maximum atomic E-state index is 12.2. The Bertz CT molecular complexity index is 275. The molecule has 0 aliphatic rings. The van der Waals surface area contributed by atoms with Crippen molar-refractivity contribution in [3.63, 3.8) is 0 Å². The fourth-order valence-corrected chi connectivity index (χ4v) is 2.31. The van der Waals surface area contributed by atoms with Crippen molar-refractivity contribution in [1.82, 2.24) is 0 Å². The van der Waals surface area contributed by atoms with Crippen molar-refractivity contribution in [2.75, 3.05) is 0 Å². The summed E-state index contributed by atoms with van der Waals surface area (Å²) in [6.07, 6.45) is 3.02. The molecule has 0 rings (SSSR count). The van der Waals surface area contributed by atoms with Crippen molar-refractivity contribution in [3.8, 4) is 0 Å². The molecule has 0 aromatic carbocycles. The molecule has 3 heteroatoms. The lowest BCUT2D eigenvalue weighted by molar-refractivity contribution is -0.105. The predicted molar refractivity (Wildman–Crippen MR) is 83.9 cm³/mol. The van der Waals surface area contributed by atoms with Gasteiger partial charge in [0, 0.05) is 0 Å². The molecule has 20 heavy (non-hydrogen) atoms. The SMILES string of the molecule is CCC(C)C(C)(CC)OC(=O)OC(C)(CC)C(C)CC. The van der Waals surface area contributed by atoms with Gasteiger partial charge >= 0.3 is 6.16 Å². The van der Waals surface area contributed by atoms with Crippen LogP contribution in [0.4, 0.5) is 4.79 Å². The Morgan fingerprint density at radius 1 is 0.850 bits per heavy atom. The molecule has 0 aromatic rings. The summed E-state index contributed by atoms with van der Waals surface area (Å²) in [5.74, 6) is 0.632. The van der Waals surface area contributed by atoms with E-state index in [2.05, 4.69) is 27.7 Å². The minimum absolute atomic E-state index is 0.316. The van der Waals surface area contributed by atoms with E-state index in [4.69, 9.17) is 9.47 Å². The van der Waals surface area contributed by atoms with Crippen LogP contribution in [0, 0.1) is 11.8 Å². The molecule has 3 nitrogen and oxygen atoms in total. The lowest BCUT2D eigenvalue weighted by Gasteiger charge is -2.37. The number of carbonyl (C=O) groups excluding carboxylic acids is 1. The van der Waals surface area contributed by atoms with E-state index in [1.165, 1.54) is 0 Å². The third-order valence-corrected chi connectivity index (χ3v) is 5.35. The average Bonchev–Trinajstić information content (AvgIpc) is 2.44. The molecular formula is C17H34O3. The van der Waals surface area contributed by atoms with Gasteiger partial charge in [0.15, 0.2) is 0 Å². The first-order valence-corrected chi connectivity index (χ1v) is 8.10. The Balaban J connectivity index is 4.84. The van der Waals surface area contributed by atoms with Crippen LogP contribution in [-0.4, -0.2) is 17.4 Å². The maximum Gasteiger partial charge on any atom is 0.509 e. The highest BCUT2D eigenvalue weighted by Crippen LogP contribution is 2.32. The van der Waals surface area contributed by atoms with Crippen molar-refractivity contribution in [1.29, 1.82) is 0 Å². The van der Waals surface area contributed by atoms with E-state index < -0.39 is 17.4 Å². The number of hydrogen-bond acceptors (Lipinski definition) is 3. The van der Waals surface area contributed by atoms with Gasteiger partial charge < -0.3 is 9.47 Å². The molecule has 120 valence electrons. The van der Waals surface area contributed by atoms with Gasteiger partial charge in [-0.3, -0.25) is 0 Å². The lowest BCUT2D eigenvalue weighted by atomic mass is 9.86. The molecule has 0 aromatic heterocycles. The lowest BCUT2D eigenvalue weighted by Crippen LogP contribution is -2.43. The first-order chi connectivity index (χ1) is 9.19. The van der Waals surface area contributed by atoms with E-state index >= 15 is 0 Å². The molecule has 4 unspecified atom stereocenters. The molecule has 0 saturated carbocycles. The van der Waals surface area contributed by atoms with E-state index in [0.717, 1.165) is 25.7 Å². The van der Waals surface area contributed by atoms with Gasteiger partial charge in [-0.05, 0) is 51.4 Å². The standard InChI is InChI=1S/C17H34O3/c1-9-13(5)16(7,11-3)19-15(18)20-17(8,12-4)14(6)10-2/h13-14H,9-12H2,1-8H3. The van der Waals surface area contributed by atoms with Crippen molar-refractivity contribution in [2.45, 2.75) is 92.3 Å². The highest BCUT2D eigenvalue weighted by atomic mass is 16.7. The monoisotopic (exact) mass is 286 g/mol. The van der Waals surface area contributed by atoms with Crippen molar-refractivity contribution in [2.24, 2.45) is 11.8 Å². The molecule has 0 heterocycles. The Labute approximate surface area is 125 Å². The molecule has 0 amide bonds. The van der Waals surface area contributed by atoms with Crippen LogP contribution in [0.2, 0.25) is 0 Å². The Kier molecular flexibility index (Phi) is 7.61. The summed E-state index contributed by atoms with van der Waals surface area (Å²) in [6.45, 7) is 16.5. The summed E-state index contributed by atoms with van der Waals surface area (Å²) in [4.78, 5) is 12.2. The number of rotatable bonds is 8. The topological polar surface area (TPSA) is 35.5 Å². The molecule has 0 aliphatic carbocycles. The van der Waals surface area contributed by atoms with Crippen LogP contribution in [0.3, 0.4) is 0 Å². The first kappa shape index (κ1) is 19.3. The van der Waals surface area contributed by atoms with Gasteiger partial charge in [0.2, 0.25) is 0 Å². The Morgan fingerprint density at radius 3 is 1.35 bits per heavy atom. The number of carbonyl (C=O) groups is 1. The normalized spacial score (nSPS) is 20.4. The highest BCUT2D eigenvalue weighted by Gasteiger charge is 2.37. The largest absolute Gasteiger partial charge is 0.509 e. The molecule has 0 aliphatic heterocycles. The molecule has 0 N–H and O–H groups in total. The first-order valence-electron chi connectivity index (χ1n) is 8.10. The van der Waals surface area contributed by atoms with Gasteiger partial charge in [-0.25, -0.2) is 4.79 Å². The second-order valence-corrected chi connectivity index (χ2v) is 6.41. The van der Waals surface area contributed by atoms with Crippen molar-refractivity contribution < 1.29 is 14.3 Å². The van der Waals surface area contributed by atoms with Crippen LogP contribution in [0.15, 0.2) is 0 Å². The van der Waals surface area contributed by atoms with E-state index in [9.17, 15) is 4.79 Å². The zero-order valence-corrected chi connectivity index (χ0v) is 14.7. The summed E-state index contributed by atoms with van der Waals surface area (Å²) in [5, 5.41) is 0. The minimum atomic E-state index is -0.528. The summed E-state index contributed by atoms with van der Waals surface area (Å²) >= 11 is 0. The van der Waals surface area contributed by atoms with Gasteiger partial charge in [0.25, 0.3) is 0 Å². The predicted octanol–water partition coefficient (Wildman–Crippen LogP) is 5.57. The van der Waals surface area contributed by atoms with Crippen LogP contribution in [0.5, 0.6) is 0 Å². The van der Waals surface area contributed by atoms with Crippen molar-refractivity contribution in [3.05, 3.63) is 0 Å². The number of ether oxygens (including phenoxy) is 2. The van der Waals surface area contributed by atoms with Crippen LogP contribution in [-0.2, 0) is 9.47 Å². The fraction of sp³-hybridized carbons (Fsp3) is 0.941. The van der Waals surface area contributed by atoms with E-state index in [1.54, 1.807) is 0 Å². The Hall–Kier alpha value is -0.730. The third kappa shape index (κ3) is 4.68. The van der Waals surface area contributed by atoms with Gasteiger partial charge in [0.05, 0.1) is 0 Å². The average molecular weight is 286 g/mol. The van der Waals surface area contributed by atoms with E-state index in [0.29, 0.717) is 11.8 Å². The Morgan fingerprint density at radius 2 is 1.15 bits per heavy atom. The fourth-order valence-electron chi connectivity index (χ4n) is 2.31. The van der Waals surface area contributed by atoms with Crippen LogP contribution in [0.1, 0.15) is 81.1 Å².